The third kappa shape index (κ3) is 4.64. The molecule has 0 spiro atoms. The molecule has 1 saturated carbocycles. The lowest BCUT2D eigenvalue weighted by Crippen LogP contribution is -2.46. The number of rotatable bonds is 6. The number of carbonyl (C=O) groups excluding carboxylic acids is 1. The number of amides is 1. The van der Waals surface area contributed by atoms with Crippen molar-refractivity contribution in [1.82, 2.24) is 14.6 Å². The number of hydrogen-bond acceptors (Lipinski definition) is 4. The maximum absolute atomic E-state index is 13.2. The van der Waals surface area contributed by atoms with E-state index in [9.17, 15) is 13.2 Å². The molecule has 2 heterocycles. The molecular weight excluding hydrogens is 434 g/mol. The molecule has 2 aromatic rings. The number of aromatic nitrogens is 1. The van der Waals surface area contributed by atoms with Gasteiger partial charge in [0.15, 0.2) is 0 Å². The number of piperidine rings is 1. The molecule has 0 unspecified atom stereocenters. The lowest BCUT2D eigenvalue weighted by Gasteiger charge is -2.33. The monoisotopic (exact) mass is 461 g/mol. The second kappa shape index (κ2) is 9.27. The van der Waals surface area contributed by atoms with Crippen LogP contribution in [0.15, 0.2) is 53.7 Å². The van der Waals surface area contributed by atoms with E-state index in [0.29, 0.717) is 24.7 Å². The van der Waals surface area contributed by atoms with Crippen LogP contribution in [-0.4, -0.2) is 43.2 Å². The van der Waals surface area contributed by atoms with Gasteiger partial charge >= 0.3 is 0 Å². The molecule has 8 heteroatoms. The van der Waals surface area contributed by atoms with E-state index in [2.05, 4.69) is 10.3 Å². The summed E-state index contributed by atoms with van der Waals surface area (Å²) >= 11 is 6.04. The number of benzene rings is 1. The summed E-state index contributed by atoms with van der Waals surface area (Å²) in [6.07, 6.45) is 8.20. The first-order valence-electron chi connectivity index (χ1n) is 10.9. The van der Waals surface area contributed by atoms with Gasteiger partial charge in [-0.05, 0) is 61.4 Å². The fraction of sp³-hybridized carbons (Fsp3) is 0.478. The van der Waals surface area contributed by atoms with Crippen molar-refractivity contribution in [3.05, 3.63) is 59.4 Å². The highest BCUT2D eigenvalue weighted by atomic mass is 35.5. The molecule has 6 nitrogen and oxygen atoms in total. The highest BCUT2D eigenvalue weighted by Crippen LogP contribution is 2.41. The number of carbonyl (C=O) groups is 1. The van der Waals surface area contributed by atoms with Crippen LogP contribution < -0.4 is 5.32 Å². The Kier molecular flexibility index (Phi) is 6.65. The van der Waals surface area contributed by atoms with Crippen LogP contribution in [0.1, 0.15) is 44.1 Å². The van der Waals surface area contributed by atoms with Crippen molar-refractivity contribution in [2.24, 2.45) is 5.92 Å². The van der Waals surface area contributed by atoms with Gasteiger partial charge < -0.3 is 5.32 Å². The molecule has 1 saturated heterocycles. The normalized spacial score (nSPS) is 19.9. The van der Waals surface area contributed by atoms with E-state index in [0.717, 1.165) is 44.1 Å². The van der Waals surface area contributed by atoms with Gasteiger partial charge in [0, 0.05) is 37.1 Å². The summed E-state index contributed by atoms with van der Waals surface area (Å²) in [7, 11) is -3.51. The van der Waals surface area contributed by atoms with Crippen molar-refractivity contribution in [3.63, 3.8) is 0 Å². The fourth-order valence-electron chi connectivity index (χ4n) is 4.80. The Labute approximate surface area is 189 Å². The van der Waals surface area contributed by atoms with Crippen LogP contribution >= 0.6 is 11.6 Å². The molecule has 1 aromatic carbocycles. The van der Waals surface area contributed by atoms with Crippen LogP contribution in [0.3, 0.4) is 0 Å². The van der Waals surface area contributed by atoms with E-state index >= 15 is 0 Å². The summed E-state index contributed by atoms with van der Waals surface area (Å²) in [5.74, 6) is 0.353. The van der Waals surface area contributed by atoms with Gasteiger partial charge in [0.25, 0.3) is 0 Å². The molecular formula is C23H28ClN3O3S. The third-order valence-electron chi connectivity index (χ3n) is 6.69. The van der Waals surface area contributed by atoms with Crippen LogP contribution in [0.4, 0.5) is 0 Å². The fourth-order valence-corrected chi connectivity index (χ4v) is 6.36. The standard InChI is InChI=1S/C23H28ClN3O3S/c24-20-7-5-19(6-8-20)23(11-1-2-12-23)22(28)26-16-18-9-14-27(15-10-18)31(29,30)21-4-3-13-25-17-21/h3-8,13,17-18H,1-2,9-12,14-16H2,(H,26,28). The second-order valence-electron chi connectivity index (χ2n) is 8.54. The first kappa shape index (κ1) is 22.2. The number of pyridine rings is 1. The van der Waals surface area contributed by atoms with Crippen LogP contribution in [0.5, 0.6) is 0 Å². The summed E-state index contributed by atoms with van der Waals surface area (Å²) in [5.41, 5.74) is 0.555. The van der Waals surface area contributed by atoms with Gasteiger partial charge in [0.05, 0.1) is 5.41 Å². The topological polar surface area (TPSA) is 79.4 Å². The van der Waals surface area contributed by atoms with Crippen molar-refractivity contribution in [3.8, 4) is 0 Å². The molecule has 1 N–H and O–H groups in total. The highest BCUT2D eigenvalue weighted by molar-refractivity contribution is 7.89. The van der Waals surface area contributed by atoms with Gasteiger partial charge in [-0.15, -0.1) is 0 Å². The summed E-state index contributed by atoms with van der Waals surface area (Å²) in [6.45, 7) is 1.50. The molecule has 1 aliphatic carbocycles. The van der Waals surface area contributed by atoms with Crippen molar-refractivity contribution in [2.45, 2.75) is 48.8 Å². The molecule has 0 bridgehead atoms. The zero-order chi connectivity index (χ0) is 21.9. The van der Waals surface area contributed by atoms with E-state index in [-0.39, 0.29) is 16.7 Å². The summed E-state index contributed by atoms with van der Waals surface area (Å²) < 4.78 is 27.0. The number of nitrogens with zero attached hydrogens (tertiary/aromatic N) is 2. The molecule has 4 rings (SSSR count). The molecule has 1 aromatic heterocycles. The van der Waals surface area contributed by atoms with Crippen molar-refractivity contribution < 1.29 is 13.2 Å². The number of sulfonamides is 1. The van der Waals surface area contributed by atoms with Gasteiger partial charge in [-0.3, -0.25) is 9.78 Å². The van der Waals surface area contributed by atoms with Crippen molar-refractivity contribution in [1.29, 1.82) is 0 Å². The lowest BCUT2D eigenvalue weighted by molar-refractivity contribution is -0.126. The van der Waals surface area contributed by atoms with E-state index in [1.807, 2.05) is 24.3 Å². The van der Waals surface area contributed by atoms with Gasteiger partial charge in [0.1, 0.15) is 4.90 Å². The van der Waals surface area contributed by atoms with Gasteiger partial charge in [-0.1, -0.05) is 36.6 Å². The van der Waals surface area contributed by atoms with E-state index in [1.165, 1.54) is 10.5 Å². The molecule has 2 fully saturated rings. The minimum atomic E-state index is -3.51. The lowest BCUT2D eigenvalue weighted by atomic mass is 9.78. The van der Waals surface area contributed by atoms with E-state index < -0.39 is 15.4 Å². The van der Waals surface area contributed by atoms with Crippen LogP contribution in [0.2, 0.25) is 5.02 Å². The first-order chi connectivity index (χ1) is 14.9. The average molecular weight is 462 g/mol. The highest BCUT2D eigenvalue weighted by Gasteiger charge is 2.42. The largest absolute Gasteiger partial charge is 0.355 e. The third-order valence-corrected chi connectivity index (χ3v) is 8.82. The minimum absolute atomic E-state index is 0.0812. The zero-order valence-electron chi connectivity index (χ0n) is 17.5. The average Bonchev–Trinajstić information content (AvgIpc) is 3.30. The predicted octanol–water partition coefficient (Wildman–Crippen LogP) is 3.76. The Morgan fingerprint density at radius 2 is 1.81 bits per heavy atom. The molecule has 1 aliphatic heterocycles. The van der Waals surface area contributed by atoms with Gasteiger partial charge in [-0.2, -0.15) is 4.31 Å². The van der Waals surface area contributed by atoms with Crippen LogP contribution in [-0.2, 0) is 20.2 Å². The van der Waals surface area contributed by atoms with E-state index in [4.69, 9.17) is 11.6 Å². The number of hydrogen-bond donors (Lipinski definition) is 1. The molecule has 31 heavy (non-hydrogen) atoms. The Hall–Kier alpha value is -1.96. The van der Waals surface area contributed by atoms with Crippen molar-refractivity contribution in [2.75, 3.05) is 19.6 Å². The molecule has 1 amide bonds. The maximum atomic E-state index is 13.2. The summed E-state index contributed by atoms with van der Waals surface area (Å²) in [4.78, 5) is 17.4. The minimum Gasteiger partial charge on any atom is -0.355 e. The van der Waals surface area contributed by atoms with Crippen molar-refractivity contribution >= 4 is 27.5 Å². The number of nitrogens with one attached hydrogen (secondary N) is 1. The predicted molar refractivity (Wildman–Crippen MR) is 120 cm³/mol. The van der Waals surface area contributed by atoms with Crippen LogP contribution in [0.25, 0.3) is 0 Å². The van der Waals surface area contributed by atoms with E-state index in [1.54, 1.807) is 18.3 Å². The Bertz CT molecular complexity index is 998. The SMILES string of the molecule is O=C(NCC1CCN(S(=O)(=O)c2cccnc2)CC1)C1(c2ccc(Cl)cc2)CCCC1. The molecule has 166 valence electrons. The molecule has 0 atom stereocenters. The van der Waals surface area contributed by atoms with Gasteiger partial charge in [-0.25, -0.2) is 8.42 Å². The Morgan fingerprint density at radius 1 is 1.13 bits per heavy atom. The molecule has 0 radical (unpaired) electrons. The smallest absolute Gasteiger partial charge is 0.244 e. The first-order valence-corrected chi connectivity index (χ1v) is 12.7. The van der Waals surface area contributed by atoms with Crippen LogP contribution in [0, 0.1) is 5.92 Å². The summed E-state index contributed by atoms with van der Waals surface area (Å²) in [5, 5.41) is 3.86. The maximum Gasteiger partial charge on any atom is 0.244 e. The van der Waals surface area contributed by atoms with Gasteiger partial charge in [0.2, 0.25) is 15.9 Å². The second-order valence-corrected chi connectivity index (χ2v) is 10.9. The Morgan fingerprint density at radius 3 is 2.42 bits per heavy atom. The molecule has 2 aliphatic rings. The number of halogens is 1. The Balaban J connectivity index is 1.35. The quantitative estimate of drug-likeness (QED) is 0.710. The zero-order valence-corrected chi connectivity index (χ0v) is 19.0. The summed E-state index contributed by atoms with van der Waals surface area (Å²) in [6, 6.07) is 10.8.